The number of unbranched alkanes of at least 4 members (excludes halogenated alkanes) is 2. The number of nitrogens with two attached hydrogens (primary N) is 1. The Morgan fingerprint density at radius 1 is 1.38 bits per heavy atom. The van der Waals surface area contributed by atoms with Crippen molar-refractivity contribution in [3.05, 3.63) is 29.8 Å². The Morgan fingerprint density at radius 2 is 2.19 bits per heavy atom. The van der Waals surface area contributed by atoms with Crippen LogP contribution in [0.3, 0.4) is 0 Å². The van der Waals surface area contributed by atoms with Crippen molar-refractivity contribution in [2.45, 2.75) is 25.8 Å². The molecule has 0 bridgehead atoms. The molecule has 1 rings (SSSR count). The van der Waals surface area contributed by atoms with Gasteiger partial charge in [-0.25, -0.2) is 0 Å². The summed E-state index contributed by atoms with van der Waals surface area (Å²) in [4.78, 5) is 2.26. The highest BCUT2D eigenvalue weighted by Crippen LogP contribution is 2.09. The highest BCUT2D eigenvalue weighted by Gasteiger charge is 2.00. The van der Waals surface area contributed by atoms with Crippen LogP contribution in [0, 0.1) is 11.3 Å². The predicted molar refractivity (Wildman–Crippen MR) is 66.7 cm³/mol. The van der Waals surface area contributed by atoms with E-state index in [4.69, 9.17) is 11.0 Å². The molecule has 0 heterocycles. The molecule has 0 saturated carbocycles. The molecular formula is C13H19N3. The van der Waals surface area contributed by atoms with E-state index >= 15 is 0 Å². The van der Waals surface area contributed by atoms with Gasteiger partial charge in [0.05, 0.1) is 6.07 Å². The molecule has 0 aromatic heterocycles. The second-order valence-corrected chi connectivity index (χ2v) is 4.10. The molecule has 3 nitrogen and oxygen atoms in total. The number of nitriles is 1. The number of anilines is 1. The van der Waals surface area contributed by atoms with Crippen LogP contribution < -0.4 is 5.73 Å². The van der Waals surface area contributed by atoms with Crippen LogP contribution >= 0.6 is 0 Å². The molecule has 0 atom stereocenters. The quantitative estimate of drug-likeness (QED) is 0.588. The first kappa shape index (κ1) is 12.5. The number of nitrogen functional groups attached to an aromatic ring is 1. The lowest BCUT2D eigenvalue weighted by Gasteiger charge is -2.16. The van der Waals surface area contributed by atoms with Gasteiger partial charge in [-0.1, -0.05) is 12.1 Å². The molecule has 0 amide bonds. The van der Waals surface area contributed by atoms with Crippen LogP contribution in [-0.4, -0.2) is 18.5 Å². The zero-order valence-corrected chi connectivity index (χ0v) is 9.82. The van der Waals surface area contributed by atoms with Gasteiger partial charge in [0.2, 0.25) is 0 Å². The van der Waals surface area contributed by atoms with Gasteiger partial charge in [0.1, 0.15) is 0 Å². The van der Waals surface area contributed by atoms with Crippen molar-refractivity contribution in [3.8, 4) is 6.07 Å². The van der Waals surface area contributed by atoms with Gasteiger partial charge < -0.3 is 10.6 Å². The van der Waals surface area contributed by atoms with Gasteiger partial charge in [-0.3, -0.25) is 0 Å². The van der Waals surface area contributed by atoms with E-state index in [1.165, 1.54) is 5.56 Å². The molecule has 0 unspecified atom stereocenters. The van der Waals surface area contributed by atoms with Gasteiger partial charge in [-0.05, 0) is 44.1 Å². The maximum atomic E-state index is 8.42. The summed E-state index contributed by atoms with van der Waals surface area (Å²) in [6, 6.07) is 10.1. The van der Waals surface area contributed by atoms with Gasteiger partial charge in [-0.15, -0.1) is 0 Å². The highest BCUT2D eigenvalue weighted by atomic mass is 15.1. The van der Waals surface area contributed by atoms with E-state index < -0.39 is 0 Å². The topological polar surface area (TPSA) is 53.0 Å². The Kier molecular flexibility index (Phi) is 5.38. The maximum Gasteiger partial charge on any atom is 0.0621 e. The number of hydrogen-bond acceptors (Lipinski definition) is 3. The lowest BCUT2D eigenvalue weighted by atomic mass is 10.2. The van der Waals surface area contributed by atoms with E-state index in [-0.39, 0.29) is 0 Å². The Labute approximate surface area is 97.5 Å². The van der Waals surface area contributed by atoms with E-state index in [0.717, 1.165) is 31.6 Å². The first-order valence-electron chi connectivity index (χ1n) is 5.62. The van der Waals surface area contributed by atoms with Crippen LogP contribution in [0.1, 0.15) is 24.8 Å². The van der Waals surface area contributed by atoms with Crippen LogP contribution in [0.25, 0.3) is 0 Å². The molecular weight excluding hydrogens is 198 g/mol. The third-order valence-corrected chi connectivity index (χ3v) is 2.48. The summed E-state index contributed by atoms with van der Waals surface area (Å²) in [5, 5.41) is 8.42. The third kappa shape index (κ3) is 4.81. The van der Waals surface area contributed by atoms with Gasteiger partial charge in [-0.2, -0.15) is 5.26 Å². The van der Waals surface area contributed by atoms with Crippen LogP contribution in [0.15, 0.2) is 24.3 Å². The molecule has 0 radical (unpaired) electrons. The van der Waals surface area contributed by atoms with E-state index in [9.17, 15) is 0 Å². The largest absolute Gasteiger partial charge is 0.399 e. The van der Waals surface area contributed by atoms with Crippen molar-refractivity contribution >= 4 is 5.69 Å². The van der Waals surface area contributed by atoms with Crippen LogP contribution in [-0.2, 0) is 6.54 Å². The summed E-state index contributed by atoms with van der Waals surface area (Å²) in [5.41, 5.74) is 7.77. The molecule has 1 aromatic carbocycles. The minimum Gasteiger partial charge on any atom is -0.399 e. The van der Waals surface area contributed by atoms with Crippen LogP contribution in [0.4, 0.5) is 5.69 Å². The lowest BCUT2D eigenvalue weighted by Crippen LogP contribution is -2.19. The summed E-state index contributed by atoms with van der Waals surface area (Å²) in [6.45, 7) is 1.94. The molecule has 16 heavy (non-hydrogen) atoms. The van der Waals surface area contributed by atoms with Crippen molar-refractivity contribution in [2.75, 3.05) is 19.3 Å². The molecule has 86 valence electrons. The molecule has 0 fully saturated rings. The summed E-state index contributed by atoms with van der Waals surface area (Å²) in [7, 11) is 2.09. The zero-order valence-electron chi connectivity index (χ0n) is 9.82. The minimum atomic E-state index is 0.659. The van der Waals surface area contributed by atoms with E-state index in [2.05, 4.69) is 24.1 Å². The summed E-state index contributed by atoms with van der Waals surface area (Å²) < 4.78 is 0. The Bertz CT molecular complexity index is 354. The summed E-state index contributed by atoms with van der Waals surface area (Å²) in [5.74, 6) is 0. The van der Waals surface area contributed by atoms with E-state index in [1.807, 2.05) is 18.2 Å². The molecule has 0 spiro atoms. The Morgan fingerprint density at radius 3 is 2.88 bits per heavy atom. The third-order valence-electron chi connectivity index (χ3n) is 2.48. The van der Waals surface area contributed by atoms with E-state index in [0.29, 0.717) is 6.42 Å². The first-order valence-corrected chi connectivity index (χ1v) is 5.62. The van der Waals surface area contributed by atoms with Crippen molar-refractivity contribution in [1.82, 2.24) is 4.90 Å². The normalized spacial score (nSPS) is 10.3. The molecule has 0 aliphatic rings. The molecule has 0 saturated heterocycles. The number of rotatable bonds is 6. The summed E-state index contributed by atoms with van der Waals surface area (Å²) >= 11 is 0. The maximum absolute atomic E-state index is 8.42. The lowest BCUT2D eigenvalue weighted by molar-refractivity contribution is 0.319. The van der Waals surface area contributed by atoms with Crippen molar-refractivity contribution < 1.29 is 0 Å². The fourth-order valence-electron chi connectivity index (χ4n) is 1.67. The second kappa shape index (κ2) is 6.86. The van der Waals surface area contributed by atoms with Crippen molar-refractivity contribution in [3.63, 3.8) is 0 Å². The summed E-state index contributed by atoms with van der Waals surface area (Å²) in [6.07, 6.45) is 2.72. The van der Waals surface area contributed by atoms with Gasteiger partial charge >= 0.3 is 0 Å². The molecule has 0 aliphatic heterocycles. The Balaban J connectivity index is 2.29. The smallest absolute Gasteiger partial charge is 0.0621 e. The standard InChI is InChI=1S/C13H19N3/c1-16(9-4-2-3-8-14)11-12-6-5-7-13(15)10-12/h5-7,10H,2-4,9,11,15H2,1H3. The Hall–Kier alpha value is -1.53. The fourth-order valence-corrected chi connectivity index (χ4v) is 1.67. The minimum absolute atomic E-state index is 0.659. The molecule has 2 N–H and O–H groups in total. The number of benzene rings is 1. The number of nitrogens with zero attached hydrogens (tertiary/aromatic N) is 2. The van der Waals surface area contributed by atoms with Crippen LogP contribution in [0.5, 0.6) is 0 Å². The highest BCUT2D eigenvalue weighted by molar-refractivity contribution is 5.40. The molecule has 0 aliphatic carbocycles. The molecule has 1 aromatic rings. The predicted octanol–water partition coefficient (Wildman–Crippen LogP) is 2.39. The number of hydrogen-bond donors (Lipinski definition) is 1. The molecule has 3 heteroatoms. The van der Waals surface area contributed by atoms with Gasteiger partial charge in [0, 0.05) is 18.7 Å². The van der Waals surface area contributed by atoms with E-state index in [1.54, 1.807) is 0 Å². The van der Waals surface area contributed by atoms with Gasteiger partial charge in [0.25, 0.3) is 0 Å². The zero-order chi connectivity index (χ0) is 11.8. The first-order chi connectivity index (χ1) is 7.72. The monoisotopic (exact) mass is 217 g/mol. The van der Waals surface area contributed by atoms with Crippen molar-refractivity contribution in [1.29, 1.82) is 5.26 Å². The second-order valence-electron chi connectivity index (χ2n) is 4.10. The van der Waals surface area contributed by atoms with Gasteiger partial charge in [0.15, 0.2) is 0 Å². The van der Waals surface area contributed by atoms with Crippen molar-refractivity contribution in [2.24, 2.45) is 0 Å². The fraction of sp³-hybridized carbons (Fsp3) is 0.462. The SMILES string of the molecule is CN(CCCCC#N)Cc1cccc(N)c1. The average Bonchev–Trinajstić information content (AvgIpc) is 2.24. The van der Waals surface area contributed by atoms with Crippen LogP contribution in [0.2, 0.25) is 0 Å². The average molecular weight is 217 g/mol.